The van der Waals surface area contributed by atoms with Gasteiger partial charge in [-0.25, -0.2) is 4.79 Å². The van der Waals surface area contributed by atoms with Gasteiger partial charge in [-0.3, -0.25) is 4.90 Å². The van der Waals surface area contributed by atoms with Crippen LogP contribution in [-0.4, -0.2) is 49.7 Å². The van der Waals surface area contributed by atoms with Crippen molar-refractivity contribution in [2.45, 2.75) is 39.2 Å². The molecule has 0 aromatic carbocycles. The van der Waals surface area contributed by atoms with E-state index in [4.69, 9.17) is 4.74 Å². The van der Waals surface area contributed by atoms with Crippen LogP contribution in [0.4, 0.5) is 0 Å². The fourth-order valence-corrected chi connectivity index (χ4v) is 2.29. The highest BCUT2D eigenvalue weighted by Gasteiger charge is 2.16. The predicted octanol–water partition coefficient (Wildman–Crippen LogP) is 1.57. The number of hydrogen-bond donors (Lipinski definition) is 1. The summed E-state index contributed by atoms with van der Waals surface area (Å²) in [7, 11) is 0. The van der Waals surface area contributed by atoms with E-state index in [1.807, 2.05) is 13.0 Å². The van der Waals surface area contributed by atoms with Crippen molar-refractivity contribution in [1.29, 1.82) is 0 Å². The molecule has 0 aromatic heterocycles. The summed E-state index contributed by atoms with van der Waals surface area (Å²) in [6.07, 6.45) is 7.13. The van der Waals surface area contributed by atoms with Crippen LogP contribution in [0, 0.1) is 0 Å². The lowest BCUT2D eigenvalue weighted by molar-refractivity contribution is -0.137. The number of ether oxygens (including phenoxy) is 1. The van der Waals surface area contributed by atoms with Crippen molar-refractivity contribution >= 4 is 5.97 Å². The molecule has 1 unspecified atom stereocenters. The Kier molecular flexibility index (Phi) is 7.69. The second kappa shape index (κ2) is 9.11. The summed E-state index contributed by atoms with van der Waals surface area (Å²) in [5.74, 6) is -0.243. The van der Waals surface area contributed by atoms with Crippen LogP contribution in [0.3, 0.4) is 0 Å². The molecule has 18 heavy (non-hydrogen) atoms. The van der Waals surface area contributed by atoms with Crippen molar-refractivity contribution in [3.63, 3.8) is 0 Å². The van der Waals surface area contributed by atoms with Gasteiger partial charge in [0.2, 0.25) is 0 Å². The fraction of sp³-hybridized carbons (Fsp3) is 0.786. The molecule has 1 saturated heterocycles. The van der Waals surface area contributed by atoms with E-state index in [1.54, 1.807) is 0 Å². The lowest BCUT2D eigenvalue weighted by atomic mass is 10.2. The molecule has 4 nitrogen and oxygen atoms in total. The third-order valence-corrected chi connectivity index (χ3v) is 3.08. The molecule has 0 radical (unpaired) electrons. The number of carbonyl (C=O) groups excluding carboxylic acids is 1. The summed E-state index contributed by atoms with van der Waals surface area (Å²) >= 11 is 0. The summed E-state index contributed by atoms with van der Waals surface area (Å²) in [5.41, 5.74) is 0. The predicted molar refractivity (Wildman–Crippen MR) is 73.5 cm³/mol. The maximum absolute atomic E-state index is 11.2. The Labute approximate surface area is 110 Å². The molecule has 0 spiro atoms. The number of esters is 1. The second-order valence-electron chi connectivity index (χ2n) is 4.71. The molecule has 0 saturated carbocycles. The number of rotatable bonds is 8. The normalized spacial score (nSPS) is 19.8. The van der Waals surface area contributed by atoms with Crippen molar-refractivity contribution in [3.05, 3.63) is 12.2 Å². The van der Waals surface area contributed by atoms with Crippen LogP contribution in [0.15, 0.2) is 12.2 Å². The molecule has 0 bridgehead atoms. The smallest absolute Gasteiger partial charge is 0.330 e. The van der Waals surface area contributed by atoms with Crippen LogP contribution in [0.25, 0.3) is 0 Å². The first kappa shape index (κ1) is 15.2. The second-order valence-corrected chi connectivity index (χ2v) is 4.71. The largest absolute Gasteiger partial charge is 0.463 e. The number of nitrogens with zero attached hydrogens (tertiary/aromatic N) is 1. The highest BCUT2D eigenvalue weighted by Crippen LogP contribution is 2.07. The van der Waals surface area contributed by atoms with Crippen molar-refractivity contribution in [2.75, 3.05) is 32.8 Å². The van der Waals surface area contributed by atoms with Crippen LogP contribution in [0.1, 0.15) is 33.1 Å². The van der Waals surface area contributed by atoms with E-state index in [0.717, 1.165) is 32.6 Å². The van der Waals surface area contributed by atoms with Crippen LogP contribution >= 0.6 is 0 Å². The van der Waals surface area contributed by atoms with E-state index in [9.17, 15) is 4.79 Å². The maximum atomic E-state index is 11.2. The Hall–Kier alpha value is -0.870. The van der Waals surface area contributed by atoms with Crippen molar-refractivity contribution in [1.82, 2.24) is 10.2 Å². The van der Waals surface area contributed by atoms with Crippen LogP contribution in [0.2, 0.25) is 0 Å². The average Bonchev–Trinajstić information content (AvgIpc) is 2.82. The first-order chi connectivity index (χ1) is 8.76. The molecule has 1 fully saturated rings. The molecule has 1 N–H and O–H groups in total. The molecule has 1 rings (SSSR count). The van der Waals surface area contributed by atoms with Gasteiger partial charge in [-0.2, -0.15) is 0 Å². The van der Waals surface area contributed by atoms with Crippen LogP contribution in [-0.2, 0) is 9.53 Å². The number of carbonyl (C=O) groups is 1. The average molecular weight is 254 g/mol. The third kappa shape index (κ3) is 6.17. The standard InChI is InChI=1S/C14H26N2O2/c1-3-10-16(12-13-7-5-9-15-13)11-6-8-14(17)18-4-2/h6,8,13,15H,3-5,7,9-12H2,1-2H3/b8-6+. The molecular formula is C14H26N2O2. The van der Waals surface area contributed by atoms with Crippen molar-refractivity contribution < 1.29 is 9.53 Å². The minimum Gasteiger partial charge on any atom is -0.463 e. The lowest BCUT2D eigenvalue weighted by Crippen LogP contribution is -2.38. The van der Waals surface area contributed by atoms with E-state index in [1.165, 1.54) is 18.9 Å². The van der Waals surface area contributed by atoms with E-state index < -0.39 is 0 Å². The zero-order valence-electron chi connectivity index (χ0n) is 11.7. The van der Waals surface area contributed by atoms with E-state index in [0.29, 0.717) is 12.6 Å². The summed E-state index contributed by atoms with van der Waals surface area (Å²) < 4.78 is 4.86. The highest BCUT2D eigenvalue weighted by molar-refractivity contribution is 5.81. The van der Waals surface area contributed by atoms with Gasteiger partial charge in [0, 0.05) is 25.2 Å². The Bertz CT molecular complexity index is 261. The fourth-order valence-electron chi connectivity index (χ4n) is 2.29. The highest BCUT2D eigenvalue weighted by atomic mass is 16.5. The van der Waals surface area contributed by atoms with E-state index in [-0.39, 0.29) is 5.97 Å². The van der Waals surface area contributed by atoms with Gasteiger partial charge in [0.25, 0.3) is 0 Å². The first-order valence-corrected chi connectivity index (χ1v) is 7.05. The molecule has 1 heterocycles. The maximum Gasteiger partial charge on any atom is 0.330 e. The molecule has 0 aromatic rings. The quantitative estimate of drug-likeness (QED) is 0.527. The Balaban J connectivity index is 2.29. The van der Waals surface area contributed by atoms with Gasteiger partial charge in [-0.1, -0.05) is 13.0 Å². The van der Waals surface area contributed by atoms with Crippen LogP contribution < -0.4 is 5.32 Å². The van der Waals surface area contributed by atoms with Gasteiger partial charge in [-0.05, 0) is 39.3 Å². The van der Waals surface area contributed by atoms with Crippen molar-refractivity contribution in [3.8, 4) is 0 Å². The summed E-state index contributed by atoms with van der Waals surface area (Å²) in [4.78, 5) is 13.6. The molecule has 4 heteroatoms. The van der Waals surface area contributed by atoms with E-state index in [2.05, 4.69) is 17.1 Å². The number of hydrogen-bond acceptors (Lipinski definition) is 4. The molecule has 104 valence electrons. The zero-order valence-corrected chi connectivity index (χ0v) is 11.7. The minimum absolute atomic E-state index is 0.243. The SMILES string of the molecule is CCCN(C/C=C/C(=O)OCC)CC1CCCN1. The minimum atomic E-state index is -0.243. The lowest BCUT2D eigenvalue weighted by Gasteiger charge is -2.23. The molecule has 0 amide bonds. The summed E-state index contributed by atoms with van der Waals surface area (Å²) in [6.45, 7) is 8.55. The molecular weight excluding hydrogens is 228 g/mol. The summed E-state index contributed by atoms with van der Waals surface area (Å²) in [6, 6.07) is 0.618. The molecule has 1 atom stereocenters. The first-order valence-electron chi connectivity index (χ1n) is 7.05. The Morgan fingerprint density at radius 2 is 2.33 bits per heavy atom. The van der Waals surface area contributed by atoms with Gasteiger partial charge < -0.3 is 10.1 Å². The van der Waals surface area contributed by atoms with Crippen LogP contribution in [0.5, 0.6) is 0 Å². The number of nitrogens with one attached hydrogen (secondary N) is 1. The van der Waals surface area contributed by atoms with Gasteiger partial charge in [0.05, 0.1) is 6.61 Å². The van der Waals surface area contributed by atoms with Gasteiger partial charge in [-0.15, -0.1) is 0 Å². The topological polar surface area (TPSA) is 41.6 Å². The molecule has 0 aliphatic carbocycles. The molecule has 1 aliphatic rings. The third-order valence-electron chi connectivity index (χ3n) is 3.08. The van der Waals surface area contributed by atoms with Crippen molar-refractivity contribution in [2.24, 2.45) is 0 Å². The Morgan fingerprint density at radius 3 is 2.94 bits per heavy atom. The zero-order chi connectivity index (χ0) is 13.2. The van der Waals surface area contributed by atoms with Gasteiger partial charge >= 0.3 is 5.97 Å². The monoisotopic (exact) mass is 254 g/mol. The van der Waals surface area contributed by atoms with E-state index >= 15 is 0 Å². The Morgan fingerprint density at radius 1 is 1.50 bits per heavy atom. The van der Waals surface area contributed by atoms with Gasteiger partial charge in [0.1, 0.15) is 0 Å². The van der Waals surface area contributed by atoms with Gasteiger partial charge in [0.15, 0.2) is 0 Å². The summed E-state index contributed by atoms with van der Waals surface area (Å²) in [5, 5.41) is 3.51. The molecule has 1 aliphatic heterocycles.